The van der Waals surface area contributed by atoms with Crippen molar-refractivity contribution in [1.29, 1.82) is 0 Å². The monoisotopic (exact) mass is 226 g/mol. The summed E-state index contributed by atoms with van der Waals surface area (Å²) in [5.74, 6) is 0. The van der Waals surface area contributed by atoms with E-state index in [0.29, 0.717) is 6.04 Å². The zero-order valence-electron chi connectivity index (χ0n) is 11.6. The zero-order valence-corrected chi connectivity index (χ0v) is 11.6. The molecule has 16 heavy (non-hydrogen) atoms. The summed E-state index contributed by atoms with van der Waals surface area (Å²) >= 11 is 0. The first-order chi connectivity index (χ1) is 7.65. The van der Waals surface area contributed by atoms with Crippen LogP contribution < -0.4 is 10.6 Å². The molecular formula is C14H30N2. The van der Waals surface area contributed by atoms with Crippen molar-refractivity contribution in [3.63, 3.8) is 0 Å². The lowest BCUT2D eigenvalue weighted by atomic mass is 9.85. The summed E-state index contributed by atoms with van der Waals surface area (Å²) in [7, 11) is 0. The molecule has 0 aromatic rings. The first-order valence-corrected chi connectivity index (χ1v) is 7.17. The molecule has 1 rings (SSSR count). The third kappa shape index (κ3) is 4.84. The topological polar surface area (TPSA) is 24.1 Å². The van der Waals surface area contributed by atoms with Crippen molar-refractivity contribution in [1.82, 2.24) is 10.6 Å². The SMILES string of the molecule is CCCC(CCC)NC1CC(NC(C)C)C1. The van der Waals surface area contributed by atoms with Crippen LogP contribution in [-0.4, -0.2) is 24.2 Å². The van der Waals surface area contributed by atoms with Crippen molar-refractivity contribution in [3.05, 3.63) is 0 Å². The van der Waals surface area contributed by atoms with Crippen molar-refractivity contribution in [3.8, 4) is 0 Å². The van der Waals surface area contributed by atoms with Gasteiger partial charge in [0.05, 0.1) is 0 Å². The van der Waals surface area contributed by atoms with E-state index in [1.165, 1.54) is 38.5 Å². The molecule has 0 spiro atoms. The third-order valence-electron chi connectivity index (χ3n) is 3.45. The Labute approximate surface area is 102 Å². The van der Waals surface area contributed by atoms with Gasteiger partial charge >= 0.3 is 0 Å². The van der Waals surface area contributed by atoms with Crippen molar-refractivity contribution < 1.29 is 0 Å². The third-order valence-corrected chi connectivity index (χ3v) is 3.45. The maximum atomic E-state index is 3.82. The summed E-state index contributed by atoms with van der Waals surface area (Å²) in [5.41, 5.74) is 0. The van der Waals surface area contributed by atoms with E-state index in [1.807, 2.05) is 0 Å². The molecule has 2 nitrogen and oxygen atoms in total. The molecule has 1 saturated carbocycles. The minimum Gasteiger partial charge on any atom is -0.312 e. The Hall–Kier alpha value is -0.0800. The molecule has 0 amide bonds. The zero-order chi connectivity index (χ0) is 12.0. The lowest BCUT2D eigenvalue weighted by Crippen LogP contribution is -2.54. The fourth-order valence-electron chi connectivity index (χ4n) is 2.70. The van der Waals surface area contributed by atoms with Gasteiger partial charge < -0.3 is 10.6 Å². The first-order valence-electron chi connectivity index (χ1n) is 7.17. The maximum absolute atomic E-state index is 3.82. The fourth-order valence-corrected chi connectivity index (χ4v) is 2.70. The van der Waals surface area contributed by atoms with Crippen LogP contribution in [0.5, 0.6) is 0 Å². The van der Waals surface area contributed by atoms with Gasteiger partial charge in [-0.2, -0.15) is 0 Å². The van der Waals surface area contributed by atoms with E-state index in [0.717, 1.165) is 18.1 Å². The van der Waals surface area contributed by atoms with Gasteiger partial charge in [-0.15, -0.1) is 0 Å². The van der Waals surface area contributed by atoms with Crippen LogP contribution in [0.1, 0.15) is 66.2 Å². The van der Waals surface area contributed by atoms with Gasteiger partial charge in [-0.1, -0.05) is 40.5 Å². The number of hydrogen-bond donors (Lipinski definition) is 2. The van der Waals surface area contributed by atoms with Gasteiger partial charge in [0.25, 0.3) is 0 Å². The van der Waals surface area contributed by atoms with E-state index in [2.05, 4.69) is 38.3 Å². The highest BCUT2D eigenvalue weighted by Crippen LogP contribution is 2.22. The highest BCUT2D eigenvalue weighted by molar-refractivity contribution is 4.92. The second-order valence-corrected chi connectivity index (χ2v) is 5.63. The number of rotatable bonds is 8. The van der Waals surface area contributed by atoms with Crippen LogP contribution in [0.15, 0.2) is 0 Å². The van der Waals surface area contributed by atoms with E-state index in [1.54, 1.807) is 0 Å². The first kappa shape index (κ1) is 14.0. The Morgan fingerprint density at radius 2 is 1.44 bits per heavy atom. The average Bonchev–Trinajstić information content (AvgIpc) is 2.14. The summed E-state index contributed by atoms with van der Waals surface area (Å²) < 4.78 is 0. The maximum Gasteiger partial charge on any atom is 0.00992 e. The van der Waals surface area contributed by atoms with E-state index in [4.69, 9.17) is 0 Å². The lowest BCUT2D eigenvalue weighted by Gasteiger charge is -2.40. The Morgan fingerprint density at radius 1 is 0.938 bits per heavy atom. The van der Waals surface area contributed by atoms with E-state index in [-0.39, 0.29) is 0 Å². The molecule has 0 radical (unpaired) electrons. The van der Waals surface area contributed by atoms with Crippen LogP contribution in [-0.2, 0) is 0 Å². The summed E-state index contributed by atoms with van der Waals surface area (Å²) in [6.07, 6.45) is 7.93. The molecule has 1 aliphatic carbocycles. The quantitative estimate of drug-likeness (QED) is 0.664. The molecule has 0 aliphatic heterocycles. The van der Waals surface area contributed by atoms with Crippen LogP contribution in [0, 0.1) is 0 Å². The molecule has 0 saturated heterocycles. The van der Waals surface area contributed by atoms with Gasteiger partial charge in [0, 0.05) is 24.2 Å². The minimum absolute atomic E-state index is 0.632. The number of nitrogens with one attached hydrogen (secondary N) is 2. The van der Waals surface area contributed by atoms with Gasteiger partial charge in [-0.05, 0) is 25.7 Å². The summed E-state index contributed by atoms with van der Waals surface area (Å²) in [4.78, 5) is 0. The van der Waals surface area contributed by atoms with E-state index in [9.17, 15) is 0 Å². The van der Waals surface area contributed by atoms with Gasteiger partial charge in [-0.3, -0.25) is 0 Å². The molecule has 0 aromatic carbocycles. The Morgan fingerprint density at radius 3 is 1.88 bits per heavy atom. The predicted octanol–water partition coefficient (Wildman–Crippen LogP) is 3.07. The molecule has 1 fully saturated rings. The van der Waals surface area contributed by atoms with Crippen molar-refractivity contribution in [2.24, 2.45) is 0 Å². The molecule has 0 aromatic heterocycles. The summed E-state index contributed by atoms with van der Waals surface area (Å²) in [6.45, 7) is 9.04. The average molecular weight is 226 g/mol. The molecular weight excluding hydrogens is 196 g/mol. The van der Waals surface area contributed by atoms with Crippen molar-refractivity contribution in [2.45, 2.75) is 90.4 Å². The predicted molar refractivity (Wildman–Crippen MR) is 71.8 cm³/mol. The van der Waals surface area contributed by atoms with E-state index < -0.39 is 0 Å². The highest BCUT2D eigenvalue weighted by Gasteiger charge is 2.30. The molecule has 96 valence electrons. The van der Waals surface area contributed by atoms with Crippen LogP contribution >= 0.6 is 0 Å². The Bertz CT molecular complexity index is 168. The van der Waals surface area contributed by atoms with Crippen molar-refractivity contribution in [2.75, 3.05) is 0 Å². The molecule has 0 unspecified atom stereocenters. The van der Waals surface area contributed by atoms with Crippen LogP contribution in [0.25, 0.3) is 0 Å². The van der Waals surface area contributed by atoms with Crippen molar-refractivity contribution >= 4 is 0 Å². The van der Waals surface area contributed by atoms with Gasteiger partial charge in [-0.25, -0.2) is 0 Å². The van der Waals surface area contributed by atoms with Crippen LogP contribution in [0.3, 0.4) is 0 Å². The van der Waals surface area contributed by atoms with Crippen LogP contribution in [0.2, 0.25) is 0 Å². The fraction of sp³-hybridized carbons (Fsp3) is 1.00. The largest absolute Gasteiger partial charge is 0.312 e. The van der Waals surface area contributed by atoms with Gasteiger partial charge in [0.15, 0.2) is 0 Å². The van der Waals surface area contributed by atoms with Gasteiger partial charge in [0.1, 0.15) is 0 Å². The highest BCUT2D eigenvalue weighted by atomic mass is 15.0. The smallest absolute Gasteiger partial charge is 0.00992 e. The minimum atomic E-state index is 0.632. The standard InChI is InChI=1S/C14H30N2/c1-5-7-12(8-6-2)16-14-9-13(10-14)15-11(3)4/h11-16H,5-10H2,1-4H3. The molecule has 2 N–H and O–H groups in total. The molecule has 1 aliphatic rings. The molecule has 0 heterocycles. The summed E-state index contributed by atoms with van der Waals surface area (Å²) in [5, 5.41) is 7.42. The summed E-state index contributed by atoms with van der Waals surface area (Å²) in [6, 6.07) is 2.94. The normalized spacial score (nSPS) is 25.1. The Balaban J connectivity index is 2.13. The molecule has 2 heteroatoms. The lowest BCUT2D eigenvalue weighted by molar-refractivity contribution is 0.213. The second-order valence-electron chi connectivity index (χ2n) is 5.63. The van der Waals surface area contributed by atoms with E-state index >= 15 is 0 Å². The molecule has 0 atom stereocenters. The van der Waals surface area contributed by atoms with Crippen LogP contribution in [0.4, 0.5) is 0 Å². The number of hydrogen-bond acceptors (Lipinski definition) is 2. The molecule has 0 bridgehead atoms. The second kappa shape index (κ2) is 7.29. The Kier molecular flexibility index (Phi) is 6.37. The van der Waals surface area contributed by atoms with Gasteiger partial charge in [0.2, 0.25) is 0 Å².